The minimum atomic E-state index is -2.84. The van der Waals surface area contributed by atoms with Crippen LogP contribution in [0.25, 0.3) is 10.8 Å². The van der Waals surface area contributed by atoms with Crippen molar-refractivity contribution < 1.29 is 35.6 Å². The zero-order valence-electron chi connectivity index (χ0n) is 16.4. The third-order valence-electron chi connectivity index (χ3n) is 4.16. The second-order valence-corrected chi connectivity index (χ2v) is 7.47. The van der Waals surface area contributed by atoms with Crippen molar-refractivity contribution in [2.24, 2.45) is 0 Å². The first-order valence-corrected chi connectivity index (χ1v) is 10.1. The number of methoxy groups -OCH3 is 1. The van der Waals surface area contributed by atoms with Gasteiger partial charge in [-0.1, -0.05) is 6.07 Å². The van der Waals surface area contributed by atoms with Crippen molar-refractivity contribution in [2.45, 2.75) is 24.3 Å². The van der Waals surface area contributed by atoms with E-state index in [1.165, 1.54) is 31.4 Å². The van der Waals surface area contributed by atoms with E-state index in [4.69, 9.17) is 4.74 Å². The molecular weight excluding hydrogens is 461 g/mol. The molecule has 0 saturated heterocycles. The summed E-state index contributed by atoms with van der Waals surface area (Å²) in [7, 11) is -0.891. The van der Waals surface area contributed by atoms with Gasteiger partial charge in [0.05, 0.1) is 18.6 Å². The normalized spacial score (nSPS) is 12.4. The van der Waals surface area contributed by atoms with E-state index in [-0.39, 0.29) is 27.2 Å². The van der Waals surface area contributed by atoms with Crippen LogP contribution in [-0.4, -0.2) is 40.3 Å². The van der Waals surface area contributed by atoms with Crippen molar-refractivity contribution in [1.82, 2.24) is 9.55 Å². The largest absolute Gasteiger partial charge is 0.479 e. The van der Waals surface area contributed by atoms with Gasteiger partial charge in [0.25, 0.3) is 24.3 Å². The molecule has 2 aromatic heterocycles. The number of pyridine rings is 2. The lowest BCUT2D eigenvalue weighted by atomic mass is 10.2. The van der Waals surface area contributed by atoms with Gasteiger partial charge in [-0.2, -0.15) is 4.98 Å². The fourth-order valence-corrected chi connectivity index (χ4v) is 3.86. The molecule has 0 aliphatic carbocycles. The Bertz CT molecular complexity index is 1210. The Hall–Kier alpha value is -3.22. The van der Waals surface area contributed by atoms with Crippen molar-refractivity contribution in [3.05, 3.63) is 52.7 Å². The molecule has 3 aromatic rings. The quantitative estimate of drug-likeness (QED) is 0.477. The second-order valence-electron chi connectivity index (χ2n) is 6.29. The highest BCUT2D eigenvalue weighted by Gasteiger charge is 2.19. The number of anilines is 1. The smallest absolute Gasteiger partial charge is 0.272 e. The molecule has 0 radical (unpaired) electrons. The minimum Gasteiger partial charge on any atom is -0.479 e. The molecule has 0 saturated carbocycles. The van der Waals surface area contributed by atoms with E-state index in [9.17, 15) is 31.0 Å². The molecule has 1 atom stereocenters. The zero-order valence-corrected chi connectivity index (χ0v) is 17.2. The zero-order chi connectivity index (χ0) is 23.4. The Morgan fingerprint density at radius 2 is 1.88 bits per heavy atom. The first-order valence-electron chi connectivity index (χ1n) is 8.95. The van der Waals surface area contributed by atoms with Gasteiger partial charge in [0.2, 0.25) is 5.88 Å². The highest BCUT2D eigenvalue weighted by atomic mass is 32.2. The van der Waals surface area contributed by atoms with E-state index in [1.807, 2.05) is 0 Å². The third-order valence-corrected chi connectivity index (χ3v) is 5.32. The monoisotopic (exact) mass is 477 g/mol. The van der Waals surface area contributed by atoms with Crippen molar-refractivity contribution >= 4 is 27.4 Å². The van der Waals surface area contributed by atoms with E-state index in [0.29, 0.717) is 0 Å². The van der Waals surface area contributed by atoms with E-state index in [1.54, 1.807) is 0 Å². The van der Waals surface area contributed by atoms with Crippen LogP contribution in [0, 0.1) is 5.82 Å². The molecule has 0 spiro atoms. The van der Waals surface area contributed by atoms with E-state index < -0.39 is 54.2 Å². The number of benzene rings is 1. The van der Waals surface area contributed by atoms with Crippen LogP contribution in [0.1, 0.15) is 0 Å². The number of hydrogen-bond donors (Lipinski definition) is 1. The summed E-state index contributed by atoms with van der Waals surface area (Å²) in [5.74, 6) is -2.09. The highest BCUT2D eigenvalue weighted by molar-refractivity contribution is 7.86. The number of fused-ring (bicyclic) bond motifs is 1. The van der Waals surface area contributed by atoms with Crippen LogP contribution in [0.15, 0.2) is 46.2 Å². The van der Waals surface area contributed by atoms with E-state index >= 15 is 0 Å². The van der Waals surface area contributed by atoms with Crippen LogP contribution in [0.3, 0.4) is 0 Å². The van der Waals surface area contributed by atoms with Crippen molar-refractivity contribution in [2.75, 3.05) is 18.4 Å². The highest BCUT2D eigenvalue weighted by Crippen LogP contribution is 2.30. The van der Waals surface area contributed by atoms with Crippen LogP contribution in [-0.2, 0) is 17.5 Å². The number of alkyl halides is 4. The van der Waals surface area contributed by atoms with Crippen LogP contribution in [0.2, 0.25) is 0 Å². The molecular formula is C19H16F5N3O4S. The Kier molecular flexibility index (Phi) is 7.28. The molecule has 0 aliphatic heterocycles. The van der Waals surface area contributed by atoms with Gasteiger partial charge in [0.1, 0.15) is 5.69 Å². The molecule has 3 rings (SSSR count). The van der Waals surface area contributed by atoms with Gasteiger partial charge in [-0.25, -0.2) is 26.2 Å². The maximum Gasteiger partial charge on any atom is 0.272 e. The minimum absolute atomic E-state index is 0.0628. The molecule has 0 aliphatic rings. The average Bonchev–Trinajstić information content (AvgIpc) is 2.74. The molecule has 13 heteroatoms. The first-order chi connectivity index (χ1) is 15.2. The summed E-state index contributed by atoms with van der Waals surface area (Å²) in [5, 5.41) is 0.297. The van der Waals surface area contributed by atoms with Gasteiger partial charge in [-0.05, 0) is 18.2 Å². The Morgan fingerprint density at radius 3 is 2.53 bits per heavy atom. The summed E-state index contributed by atoms with van der Waals surface area (Å²) < 4.78 is 89.9. The predicted molar refractivity (Wildman–Crippen MR) is 106 cm³/mol. The maximum atomic E-state index is 14.2. The lowest BCUT2D eigenvalue weighted by Crippen LogP contribution is -2.23. The van der Waals surface area contributed by atoms with Gasteiger partial charge >= 0.3 is 0 Å². The first kappa shape index (κ1) is 23.4. The van der Waals surface area contributed by atoms with Gasteiger partial charge in [0.15, 0.2) is 23.4 Å². The second kappa shape index (κ2) is 9.94. The molecule has 1 N–H and O–H groups in total. The molecule has 1 aromatic carbocycles. The fraction of sp³-hybridized carbons (Fsp3) is 0.263. The topological polar surface area (TPSA) is 82.5 Å². The summed E-state index contributed by atoms with van der Waals surface area (Å²) in [6.07, 6.45) is -4.41. The third kappa shape index (κ3) is 5.15. The average molecular weight is 477 g/mol. The number of nitrogens with zero attached hydrogens (tertiary/aromatic N) is 2. The number of aromatic nitrogens is 2. The summed E-state index contributed by atoms with van der Waals surface area (Å²) >= 11 is 0. The maximum absolute atomic E-state index is 14.2. The van der Waals surface area contributed by atoms with Crippen LogP contribution in [0.4, 0.5) is 27.6 Å². The van der Waals surface area contributed by atoms with E-state index in [2.05, 4.69) is 14.4 Å². The lowest BCUT2D eigenvalue weighted by Gasteiger charge is -2.14. The number of rotatable bonds is 9. The predicted octanol–water partition coefficient (Wildman–Crippen LogP) is 3.59. The van der Waals surface area contributed by atoms with Gasteiger partial charge < -0.3 is 14.0 Å². The molecule has 7 nitrogen and oxygen atoms in total. The number of nitrogens with one attached hydrogen (secondary N) is 1. The Morgan fingerprint density at radius 1 is 1.12 bits per heavy atom. The number of halogens is 5. The lowest BCUT2D eigenvalue weighted by molar-refractivity contribution is 0.0770. The molecule has 0 fully saturated rings. The van der Waals surface area contributed by atoms with E-state index in [0.717, 1.165) is 16.8 Å². The SMILES string of the molecule is COc1nc(OCC(F)F)c(F)cc1NS(=O)c1cccc2c(=O)n(CC(F)F)ccc12. The molecule has 1 unspecified atom stereocenters. The number of ether oxygens (including phenoxy) is 2. The van der Waals surface area contributed by atoms with Gasteiger partial charge in [-0.15, -0.1) is 0 Å². The number of hydrogen-bond acceptors (Lipinski definition) is 5. The molecule has 0 bridgehead atoms. The molecule has 2 heterocycles. The van der Waals surface area contributed by atoms with Crippen LogP contribution in [0.5, 0.6) is 11.8 Å². The van der Waals surface area contributed by atoms with Crippen molar-refractivity contribution in [3.8, 4) is 11.8 Å². The summed E-state index contributed by atoms with van der Waals surface area (Å²) in [4.78, 5) is 16.2. The summed E-state index contributed by atoms with van der Waals surface area (Å²) in [6, 6.07) is 6.43. The van der Waals surface area contributed by atoms with Crippen LogP contribution >= 0.6 is 0 Å². The van der Waals surface area contributed by atoms with Gasteiger partial charge in [0, 0.05) is 23.0 Å². The van der Waals surface area contributed by atoms with Crippen molar-refractivity contribution in [1.29, 1.82) is 0 Å². The Balaban J connectivity index is 1.94. The standard InChI is InChI=1S/C19H16F5N3O4S/c1-30-18-13(7-12(20)17(25-18)31-9-16(23)24)26-32(29)14-4-2-3-11-10(14)5-6-27(19(11)28)8-15(21)22/h2-7,15-16,26H,8-9H2,1H3. The fourth-order valence-electron chi connectivity index (χ4n) is 2.83. The van der Waals surface area contributed by atoms with Crippen molar-refractivity contribution in [3.63, 3.8) is 0 Å². The molecule has 32 heavy (non-hydrogen) atoms. The van der Waals surface area contributed by atoms with Gasteiger partial charge in [-0.3, -0.25) is 9.52 Å². The summed E-state index contributed by atoms with van der Waals surface area (Å²) in [6.45, 7) is -1.87. The molecule has 172 valence electrons. The molecule has 0 amide bonds. The van der Waals surface area contributed by atoms with Crippen LogP contribution < -0.4 is 19.8 Å². The summed E-state index contributed by atoms with van der Waals surface area (Å²) in [5.41, 5.74) is -0.858. The Labute approximate surface area is 180 Å².